The molecule has 0 N–H and O–H groups in total. The van der Waals surface area contributed by atoms with Crippen molar-refractivity contribution in [2.75, 3.05) is 13.2 Å². The van der Waals surface area contributed by atoms with Crippen molar-refractivity contribution in [3.8, 4) is 0 Å². The Morgan fingerprint density at radius 1 is 0.632 bits per heavy atom. The number of hydrogen-bond donors (Lipinski definition) is 0. The Kier molecular flexibility index (Phi) is 16.1. The summed E-state index contributed by atoms with van der Waals surface area (Å²) >= 11 is 0. The second-order valence-electron chi connectivity index (χ2n) is 12.4. The fourth-order valence-corrected chi connectivity index (χ4v) is 3.46. The molecule has 209 valence electrons. The van der Waals surface area contributed by atoms with E-state index < -0.39 is 16.1 Å². The molecule has 0 bridgehead atoms. The Morgan fingerprint density at radius 2 is 0.868 bits per heavy atom. The van der Waals surface area contributed by atoms with E-state index in [9.17, 15) is 0 Å². The number of ether oxygens (including phenoxy) is 1. The predicted octanol–water partition coefficient (Wildman–Crippen LogP) is 6.25. The van der Waals surface area contributed by atoms with Crippen LogP contribution >= 0.6 is 0 Å². The molecule has 1 radical (unpaired) electrons. The van der Waals surface area contributed by atoms with Gasteiger partial charge in [0.25, 0.3) is 7.12 Å². The van der Waals surface area contributed by atoms with E-state index in [0.717, 1.165) is 47.4 Å². The maximum atomic E-state index is 4.94. The molecule has 0 atom stereocenters. The van der Waals surface area contributed by atoms with Crippen molar-refractivity contribution in [2.45, 2.75) is 93.7 Å². The van der Waals surface area contributed by atoms with E-state index in [4.69, 9.17) is 4.74 Å². The smallest absolute Gasteiger partial charge is 0.422 e. The topological polar surface area (TPSA) is 62.7 Å². The summed E-state index contributed by atoms with van der Waals surface area (Å²) in [4.78, 5) is 0. The zero-order chi connectivity index (χ0) is 28.6. The van der Waals surface area contributed by atoms with Crippen LogP contribution in [0.2, 0.25) is 39.3 Å². The zero-order valence-electron chi connectivity index (χ0n) is 26.2. The Hall–Kier alpha value is -0.807. The van der Waals surface area contributed by atoms with Crippen LogP contribution < -0.4 is 0 Å². The molecule has 0 saturated carbocycles. The van der Waals surface area contributed by atoms with Crippen molar-refractivity contribution in [3.63, 3.8) is 0 Å². The zero-order valence-corrected chi connectivity index (χ0v) is 31.1. The van der Waals surface area contributed by atoms with Crippen LogP contribution in [-0.2, 0) is 37.4 Å². The van der Waals surface area contributed by atoms with Gasteiger partial charge in [-0.15, -0.1) is 16.1 Å². The molecule has 1 fully saturated rings. The van der Waals surface area contributed by atoms with Crippen molar-refractivity contribution >= 4 is 23.3 Å². The van der Waals surface area contributed by atoms with E-state index in [1.807, 2.05) is 34.5 Å². The molecule has 38 heavy (non-hydrogen) atoms. The van der Waals surface area contributed by atoms with Gasteiger partial charge in [-0.3, -0.25) is 0 Å². The number of aromatic nitrogens is 6. The van der Waals surface area contributed by atoms with Crippen molar-refractivity contribution in [1.29, 1.82) is 0 Å². The molecule has 4 heterocycles. The summed E-state index contributed by atoms with van der Waals surface area (Å²) in [5, 5.41) is 14.0. The molecular formula is C27H51BN6OSi2Y. The van der Waals surface area contributed by atoms with Crippen LogP contribution in [0.25, 0.3) is 0 Å². The van der Waals surface area contributed by atoms with Gasteiger partial charge in [-0.25, -0.2) is 15.3 Å². The summed E-state index contributed by atoms with van der Waals surface area (Å²) in [6.07, 6.45) is 2.56. The molecular weight excluding hydrogens is 580 g/mol. The van der Waals surface area contributed by atoms with Crippen molar-refractivity contribution < 1.29 is 37.4 Å². The molecule has 11 heteroatoms. The molecule has 4 rings (SSSR count). The van der Waals surface area contributed by atoms with E-state index in [-0.39, 0.29) is 39.8 Å². The van der Waals surface area contributed by atoms with Crippen molar-refractivity contribution in [3.05, 3.63) is 65.5 Å². The maximum absolute atomic E-state index is 4.94. The number of aryl methyl sites for hydroxylation is 6. The van der Waals surface area contributed by atoms with E-state index in [1.165, 1.54) is 12.8 Å². The summed E-state index contributed by atoms with van der Waals surface area (Å²) in [5.41, 5.74) is 6.23. The first-order chi connectivity index (χ1) is 16.9. The Bertz CT molecular complexity index is 953. The fourth-order valence-electron chi connectivity index (χ4n) is 3.46. The molecule has 3 aromatic rings. The molecule has 7 nitrogen and oxygen atoms in total. The normalized spacial score (nSPS) is 13.0. The molecule has 3 aromatic heterocycles. The van der Waals surface area contributed by atoms with Crippen LogP contribution in [0, 0.1) is 54.6 Å². The maximum Gasteiger partial charge on any atom is 3.00 e. The average molecular weight is 632 g/mol. The SMILES string of the molecule is C1CCOC1.Cc1cc(C)n([B-](n2nc(C)cc2C)n2nc(C)cc2C)n1.[CH2-][Si](C)(C)C.[CH2-][Si](C)(C)C.[Y+3]. The van der Waals surface area contributed by atoms with Gasteiger partial charge >= 0.3 is 32.7 Å². The Morgan fingerprint density at radius 3 is 1.00 bits per heavy atom. The molecule has 0 unspecified atom stereocenters. The fraction of sp³-hybridized carbons (Fsp3) is 0.593. The van der Waals surface area contributed by atoms with E-state index in [2.05, 4.69) is 107 Å². The average Bonchev–Trinajstić information content (AvgIpc) is 3.47. The van der Waals surface area contributed by atoms with Crippen LogP contribution in [0.4, 0.5) is 0 Å². The Balaban J connectivity index is 0.000000701. The summed E-state index contributed by atoms with van der Waals surface area (Å²) in [5.74, 6) is 0. The van der Waals surface area contributed by atoms with Gasteiger partial charge in [0.2, 0.25) is 0 Å². The first-order valence-corrected chi connectivity index (χ1v) is 20.6. The van der Waals surface area contributed by atoms with Crippen LogP contribution in [0.15, 0.2) is 18.2 Å². The first kappa shape index (κ1) is 37.2. The second-order valence-corrected chi connectivity index (χ2v) is 22.6. The summed E-state index contributed by atoms with van der Waals surface area (Å²) in [6, 6.07) is 6.22. The van der Waals surface area contributed by atoms with E-state index in [1.54, 1.807) is 0 Å². The minimum absolute atomic E-state index is 0. The Labute approximate surface area is 260 Å². The van der Waals surface area contributed by atoms with Crippen LogP contribution in [-0.4, -0.2) is 65.6 Å². The molecule has 1 saturated heterocycles. The molecule has 0 spiro atoms. The van der Waals surface area contributed by atoms with Gasteiger partial charge in [-0.05, 0) is 89.7 Å². The summed E-state index contributed by atoms with van der Waals surface area (Å²) in [6.45, 7) is 35.3. The minimum atomic E-state index is -0.861. The first-order valence-electron chi connectivity index (χ1n) is 13.2. The summed E-state index contributed by atoms with van der Waals surface area (Å²) in [7, 11) is -1.95. The molecule has 1 aliphatic heterocycles. The van der Waals surface area contributed by atoms with Crippen LogP contribution in [0.1, 0.15) is 47.0 Å². The molecule has 0 aliphatic carbocycles. The van der Waals surface area contributed by atoms with Gasteiger partial charge in [-0.2, -0.15) is 0 Å². The van der Waals surface area contributed by atoms with E-state index >= 15 is 0 Å². The van der Waals surface area contributed by atoms with Gasteiger partial charge in [0, 0.05) is 13.2 Å². The van der Waals surface area contributed by atoms with Crippen molar-refractivity contribution in [1.82, 2.24) is 29.1 Å². The number of rotatable bonds is 3. The quantitative estimate of drug-likeness (QED) is 0.254. The van der Waals surface area contributed by atoms with E-state index in [0.29, 0.717) is 0 Å². The summed E-state index contributed by atoms with van der Waals surface area (Å²) < 4.78 is 10.9. The standard InChI is InChI=1S/C15H21BN6.C4H8O.2C4H11Si.Y/c1-10-7-13(4)20(17-10)16(21-14(5)8-11(2)18-21)22-15(6)9-12(3)19-22;1-2-4-5-3-1;2*1-5(2,3)4;/h7-9H,1-6H3;1-4H2;2*1H2,2-4H3;/q-1;;2*-1;+3. The third kappa shape index (κ3) is 15.1. The largest absolute Gasteiger partial charge is 3.00 e. The molecule has 0 amide bonds. The van der Waals surface area contributed by atoms with Gasteiger partial charge in [0.05, 0.1) is 17.1 Å². The predicted molar refractivity (Wildman–Crippen MR) is 165 cm³/mol. The van der Waals surface area contributed by atoms with Crippen LogP contribution in [0.5, 0.6) is 0 Å². The number of nitrogens with zero attached hydrogens (tertiary/aromatic N) is 6. The number of hydrogen-bond acceptors (Lipinski definition) is 4. The molecule has 1 aliphatic rings. The van der Waals surface area contributed by atoms with Crippen LogP contribution in [0.3, 0.4) is 0 Å². The van der Waals surface area contributed by atoms with Gasteiger partial charge in [-0.1, -0.05) is 39.3 Å². The minimum Gasteiger partial charge on any atom is -0.422 e. The van der Waals surface area contributed by atoms with Crippen molar-refractivity contribution in [2.24, 2.45) is 0 Å². The third-order valence-electron chi connectivity index (χ3n) is 4.62. The monoisotopic (exact) mass is 631 g/mol. The van der Waals surface area contributed by atoms with Gasteiger partial charge in [0.1, 0.15) is 0 Å². The second kappa shape index (κ2) is 16.5. The molecule has 0 aromatic carbocycles. The third-order valence-corrected chi connectivity index (χ3v) is 4.62. The van der Waals surface area contributed by atoms with Gasteiger partial charge < -0.3 is 31.6 Å². The van der Waals surface area contributed by atoms with Gasteiger partial charge in [0.15, 0.2) is 0 Å².